The molecule has 3 aromatic heterocycles. The zero-order valence-electron chi connectivity index (χ0n) is 11.9. The second kappa shape index (κ2) is 4.63. The molecule has 108 valence electrons. The van der Waals surface area contributed by atoms with E-state index in [1.165, 1.54) is 24.5 Å². The Kier molecular flexibility index (Phi) is 3.02. The molecule has 6 nitrogen and oxygen atoms in total. The van der Waals surface area contributed by atoms with Crippen LogP contribution in [0.25, 0.3) is 5.65 Å². The maximum absolute atomic E-state index is 12.8. The lowest BCUT2D eigenvalue weighted by Gasteiger charge is -2.04. The first-order valence-corrected chi connectivity index (χ1v) is 7.88. The van der Waals surface area contributed by atoms with Crippen LogP contribution < -0.4 is 0 Å². The van der Waals surface area contributed by atoms with Crippen LogP contribution in [0.2, 0.25) is 0 Å². The summed E-state index contributed by atoms with van der Waals surface area (Å²) in [5.74, 6) is 0. The van der Waals surface area contributed by atoms with E-state index in [-0.39, 0.29) is 9.79 Å². The summed E-state index contributed by atoms with van der Waals surface area (Å²) in [6.07, 6.45) is 2.91. The molecule has 0 bridgehead atoms. The van der Waals surface area contributed by atoms with Gasteiger partial charge < -0.3 is 0 Å². The van der Waals surface area contributed by atoms with Gasteiger partial charge in [0.2, 0.25) is 9.84 Å². The quantitative estimate of drug-likeness (QED) is 0.722. The molecular formula is C14H14N4O2S. The molecule has 21 heavy (non-hydrogen) atoms. The van der Waals surface area contributed by atoms with E-state index in [0.29, 0.717) is 11.3 Å². The lowest BCUT2D eigenvalue weighted by Crippen LogP contribution is -2.05. The van der Waals surface area contributed by atoms with Crippen molar-refractivity contribution in [3.05, 3.63) is 47.7 Å². The molecule has 3 rings (SSSR count). The van der Waals surface area contributed by atoms with E-state index in [9.17, 15) is 8.42 Å². The van der Waals surface area contributed by atoms with E-state index < -0.39 is 9.84 Å². The number of hydrogen-bond acceptors (Lipinski definition) is 5. The summed E-state index contributed by atoms with van der Waals surface area (Å²) in [7, 11) is -3.67. The Labute approximate surface area is 122 Å². The average Bonchev–Trinajstić information content (AvgIpc) is 2.77. The van der Waals surface area contributed by atoms with E-state index in [1.807, 2.05) is 19.9 Å². The molecule has 0 spiro atoms. The first-order valence-electron chi connectivity index (χ1n) is 6.40. The number of rotatable bonds is 2. The Morgan fingerprint density at radius 2 is 1.76 bits per heavy atom. The number of fused-ring (bicyclic) bond motifs is 1. The van der Waals surface area contributed by atoms with Crippen molar-refractivity contribution in [2.45, 2.75) is 30.6 Å². The van der Waals surface area contributed by atoms with Crippen molar-refractivity contribution in [3.8, 4) is 0 Å². The summed E-state index contributed by atoms with van der Waals surface area (Å²) in [5.41, 5.74) is 2.40. The van der Waals surface area contributed by atoms with E-state index in [1.54, 1.807) is 11.4 Å². The third-order valence-electron chi connectivity index (χ3n) is 3.25. The molecule has 3 heterocycles. The Morgan fingerprint density at radius 1 is 1.10 bits per heavy atom. The Balaban J connectivity index is 2.38. The molecule has 3 aromatic rings. The SMILES string of the molecule is Cc1cc(C)n2nc(C)c(S(=O)(=O)c3ccncc3)c2n1. The molecule has 0 unspecified atom stereocenters. The molecule has 0 aliphatic carbocycles. The fourth-order valence-electron chi connectivity index (χ4n) is 2.36. The van der Waals surface area contributed by atoms with Crippen LogP contribution in [0.3, 0.4) is 0 Å². The third-order valence-corrected chi connectivity index (χ3v) is 5.15. The number of hydrogen-bond donors (Lipinski definition) is 0. The van der Waals surface area contributed by atoms with Crippen LogP contribution >= 0.6 is 0 Å². The van der Waals surface area contributed by atoms with Crippen LogP contribution in [0.5, 0.6) is 0 Å². The first-order chi connectivity index (χ1) is 9.91. The summed E-state index contributed by atoms with van der Waals surface area (Å²) in [6.45, 7) is 5.38. The van der Waals surface area contributed by atoms with Gasteiger partial charge in [0, 0.05) is 23.8 Å². The highest BCUT2D eigenvalue weighted by Crippen LogP contribution is 2.27. The molecule has 0 aliphatic heterocycles. The van der Waals surface area contributed by atoms with Gasteiger partial charge in [-0.1, -0.05) is 0 Å². The molecule has 7 heteroatoms. The summed E-state index contributed by atoms with van der Waals surface area (Å²) < 4.78 is 27.2. The van der Waals surface area contributed by atoms with Crippen LogP contribution in [0.15, 0.2) is 40.4 Å². The van der Waals surface area contributed by atoms with Crippen molar-refractivity contribution in [1.82, 2.24) is 19.6 Å². The summed E-state index contributed by atoms with van der Waals surface area (Å²) >= 11 is 0. The van der Waals surface area contributed by atoms with Gasteiger partial charge >= 0.3 is 0 Å². The minimum Gasteiger partial charge on any atom is -0.265 e. The van der Waals surface area contributed by atoms with Crippen molar-refractivity contribution >= 4 is 15.5 Å². The maximum atomic E-state index is 12.8. The van der Waals surface area contributed by atoms with Gasteiger partial charge in [-0.15, -0.1) is 0 Å². The smallest absolute Gasteiger partial charge is 0.212 e. The first kappa shape index (κ1) is 13.7. The highest BCUT2D eigenvalue weighted by Gasteiger charge is 2.27. The number of aromatic nitrogens is 4. The molecule has 0 fully saturated rings. The maximum Gasteiger partial charge on any atom is 0.212 e. The molecule has 0 radical (unpaired) electrons. The van der Waals surface area contributed by atoms with E-state index >= 15 is 0 Å². The van der Waals surface area contributed by atoms with Crippen molar-refractivity contribution < 1.29 is 8.42 Å². The topological polar surface area (TPSA) is 77.2 Å². The highest BCUT2D eigenvalue weighted by molar-refractivity contribution is 7.91. The van der Waals surface area contributed by atoms with Gasteiger partial charge in [0.05, 0.1) is 10.6 Å². The standard InChI is InChI=1S/C14H14N4O2S/c1-9-8-10(2)18-14(16-9)13(11(3)17-18)21(19,20)12-4-6-15-7-5-12/h4-8H,1-3H3. The van der Waals surface area contributed by atoms with Crippen molar-refractivity contribution in [2.24, 2.45) is 0 Å². The summed E-state index contributed by atoms with van der Waals surface area (Å²) in [6, 6.07) is 4.81. The van der Waals surface area contributed by atoms with Crippen molar-refractivity contribution in [3.63, 3.8) is 0 Å². The second-order valence-electron chi connectivity index (χ2n) is 4.88. The van der Waals surface area contributed by atoms with E-state index in [2.05, 4.69) is 15.1 Å². The predicted octanol–water partition coefficient (Wildman–Crippen LogP) is 1.88. The van der Waals surface area contributed by atoms with Gasteiger partial charge in [0.25, 0.3) is 0 Å². The zero-order chi connectivity index (χ0) is 15.2. The van der Waals surface area contributed by atoms with Crippen LogP contribution in [0.4, 0.5) is 0 Å². The number of sulfone groups is 1. The Morgan fingerprint density at radius 3 is 2.43 bits per heavy atom. The van der Waals surface area contributed by atoms with Gasteiger partial charge in [0.1, 0.15) is 4.90 Å². The summed E-state index contributed by atoms with van der Waals surface area (Å²) in [4.78, 5) is 8.55. The van der Waals surface area contributed by atoms with Crippen LogP contribution in [-0.4, -0.2) is 28.0 Å². The van der Waals surface area contributed by atoms with Gasteiger partial charge in [-0.05, 0) is 39.0 Å². The monoisotopic (exact) mass is 302 g/mol. The molecule has 0 aliphatic rings. The number of aryl methyl sites for hydroxylation is 3. The average molecular weight is 302 g/mol. The van der Waals surface area contributed by atoms with Crippen molar-refractivity contribution in [2.75, 3.05) is 0 Å². The fraction of sp³-hybridized carbons (Fsp3) is 0.214. The number of nitrogens with zero attached hydrogens (tertiary/aromatic N) is 4. The molecule has 0 N–H and O–H groups in total. The minimum atomic E-state index is -3.67. The highest BCUT2D eigenvalue weighted by atomic mass is 32.2. The van der Waals surface area contributed by atoms with E-state index in [4.69, 9.17) is 0 Å². The van der Waals surface area contributed by atoms with Crippen LogP contribution in [-0.2, 0) is 9.84 Å². The lowest BCUT2D eigenvalue weighted by atomic mass is 10.3. The van der Waals surface area contributed by atoms with Gasteiger partial charge in [-0.25, -0.2) is 17.9 Å². The van der Waals surface area contributed by atoms with Gasteiger partial charge in [0.15, 0.2) is 5.65 Å². The lowest BCUT2D eigenvalue weighted by molar-refractivity contribution is 0.596. The number of pyridine rings is 1. The predicted molar refractivity (Wildman–Crippen MR) is 76.9 cm³/mol. The molecule has 0 saturated heterocycles. The molecule has 0 amide bonds. The van der Waals surface area contributed by atoms with Crippen molar-refractivity contribution in [1.29, 1.82) is 0 Å². The van der Waals surface area contributed by atoms with E-state index in [0.717, 1.165) is 11.4 Å². The fourth-order valence-corrected chi connectivity index (χ4v) is 3.88. The molecule has 0 saturated carbocycles. The largest absolute Gasteiger partial charge is 0.265 e. The van der Waals surface area contributed by atoms with Gasteiger partial charge in [-0.2, -0.15) is 5.10 Å². The molecular weight excluding hydrogens is 288 g/mol. The van der Waals surface area contributed by atoms with Gasteiger partial charge in [-0.3, -0.25) is 4.98 Å². The van der Waals surface area contributed by atoms with Crippen LogP contribution in [0, 0.1) is 20.8 Å². The normalized spacial score (nSPS) is 12.0. The van der Waals surface area contributed by atoms with Crippen LogP contribution in [0.1, 0.15) is 17.1 Å². The molecule has 0 aromatic carbocycles. The third kappa shape index (κ3) is 2.09. The zero-order valence-corrected chi connectivity index (χ0v) is 12.7. The molecule has 0 atom stereocenters. The minimum absolute atomic E-state index is 0.153. The summed E-state index contributed by atoms with van der Waals surface area (Å²) in [5, 5.41) is 4.30. The second-order valence-corrected chi connectivity index (χ2v) is 6.76. The Hall–Kier alpha value is -2.28. The Bertz CT molecular complexity index is 931.